The van der Waals surface area contributed by atoms with Crippen molar-refractivity contribution in [1.29, 1.82) is 5.26 Å². The summed E-state index contributed by atoms with van der Waals surface area (Å²) in [5.41, 5.74) is 0. The normalized spacial score (nSPS) is 32.9. The van der Waals surface area contributed by atoms with Crippen LogP contribution in [0, 0.1) is 11.3 Å². The second kappa shape index (κ2) is 15.9. The maximum Gasteiger partial charge on any atom is 0.331 e. The molecule has 8 atom stereocenters. The van der Waals surface area contributed by atoms with Gasteiger partial charge in [0.1, 0.15) is 6.10 Å². The van der Waals surface area contributed by atoms with Crippen LogP contribution in [0.3, 0.4) is 0 Å². The van der Waals surface area contributed by atoms with E-state index in [0.717, 1.165) is 0 Å². The highest BCUT2D eigenvalue weighted by Crippen LogP contribution is 2.53. The van der Waals surface area contributed by atoms with Crippen LogP contribution in [0.4, 0.5) is 0 Å². The molecule has 10 nitrogen and oxygen atoms in total. The summed E-state index contributed by atoms with van der Waals surface area (Å²) < 4.78 is 80.0. The van der Waals surface area contributed by atoms with Gasteiger partial charge in [0, 0.05) is 53.2 Å². The van der Waals surface area contributed by atoms with Crippen molar-refractivity contribution in [2.24, 2.45) is 0 Å². The molecule has 0 amide bonds. The van der Waals surface area contributed by atoms with E-state index in [-0.39, 0.29) is 57.6 Å². The van der Waals surface area contributed by atoms with Crippen LogP contribution in [-0.2, 0) is 36.9 Å². The van der Waals surface area contributed by atoms with Crippen molar-refractivity contribution in [2.75, 3.05) is 46.3 Å². The maximum absolute atomic E-state index is 13.8. The first-order valence-corrected chi connectivity index (χ1v) is 15.0. The van der Waals surface area contributed by atoms with Crippen LogP contribution in [0.1, 0.15) is 64.4 Å². The van der Waals surface area contributed by atoms with Crippen molar-refractivity contribution in [3.05, 3.63) is 0 Å². The summed E-state index contributed by atoms with van der Waals surface area (Å²) in [6, 6.07) is 2.30. The second-order valence-corrected chi connectivity index (χ2v) is 12.5. The van der Waals surface area contributed by atoms with Gasteiger partial charge in [-0.15, -0.1) is 0 Å². The molecule has 0 aliphatic carbocycles. The van der Waals surface area contributed by atoms with Crippen molar-refractivity contribution in [3.8, 4) is 6.07 Å². The first-order chi connectivity index (χ1) is 18.0. The summed E-state index contributed by atoms with van der Waals surface area (Å²) >= 11 is 0. The number of nitriles is 1. The molecule has 0 bridgehead atoms. The minimum Gasteiger partial charge on any atom is -0.385 e. The fourth-order valence-corrected chi connectivity index (χ4v) is 7.33. The minimum absolute atomic E-state index is 0.0890. The van der Waals surface area contributed by atoms with Crippen molar-refractivity contribution in [1.82, 2.24) is 4.67 Å². The molecule has 0 aromatic heterocycles. The number of hydrogen-bond acceptors (Lipinski definition) is 10. The Hall–Kier alpha value is -0.170. The Morgan fingerprint density at radius 1 is 1.23 bits per heavy atom. The van der Waals surface area contributed by atoms with Gasteiger partial charge in [0.25, 0.3) is 8.53 Å². The zero-order valence-corrected chi connectivity index (χ0v) is 23.3. The molecular weight excluding hydrogens is 494 g/mol. The third-order valence-corrected chi connectivity index (χ3v) is 9.58. The van der Waals surface area contributed by atoms with Gasteiger partial charge in [-0.2, -0.15) is 5.26 Å². The molecule has 0 aromatic rings. The molecule has 2 aliphatic rings. The smallest absolute Gasteiger partial charge is 0.331 e. The molecule has 2 fully saturated rings. The predicted octanol–water partition coefficient (Wildman–Crippen LogP) is 4.88. The van der Waals surface area contributed by atoms with E-state index in [1.165, 1.54) is 0 Å². The van der Waals surface area contributed by atoms with Gasteiger partial charge in [0.2, 0.25) is 0 Å². The van der Waals surface area contributed by atoms with Crippen LogP contribution in [0.15, 0.2) is 0 Å². The van der Waals surface area contributed by atoms with Gasteiger partial charge in [-0.25, -0.2) is 4.67 Å². The third kappa shape index (κ3) is 10.2. The molecule has 0 N–H and O–H groups in total. The van der Waals surface area contributed by atoms with E-state index < -0.39 is 53.7 Å². The summed E-state index contributed by atoms with van der Waals surface area (Å²) in [6.45, 7) is 6.82. The highest BCUT2D eigenvalue weighted by molar-refractivity contribution is 7.53. The Kier molecular flexibility index (Phi) is 12.0. The van der Waals surface area contributed by atoms with E-state index in [1.54, 1.807) is 7.11 Å². The van der Waals surface area contributed by atoms with E-state index in [4.69, 9.17) is 41.7 Å². The van der Waals surface area contributed by atoms with Crippen LogP contribution < -0.4 is 0 Å². The number of nitrogens with zero attached hydrogens (tertiary/aromatic N) is 2. The molecule has 2 unspecified atom stereocenters. The first-order valence-electron chi connectivity index (χ1n) is 14.0. The standard InChI is InChI=1S/C23H44N2O8P2/c1-18(2)25(19(3)4)34(30-13-7-11-24)32-22-10-15-29-23(22)17-31-35(26,16-8-12-27-6)33-21-9-14-28-20(21)5/h18-23H,7-10,12-17H2,1-6H3/t20-,21+,22+,23-,34?,35?/m1/s1/i5D,14T,15T/t14-,15-,20+,21-,22-,23+,34?,35?/m0. The minimum atomic E-state index is -3.68. The molecule has 0 saturated carbocycles. The van der Waals surface area contributed by atoms with Crippen LogP contribution in [0.25, 0.3) is 0 Å². The fraction of sp³-hybridized carbons (Fsp3) is 0.957. The van der Waals surface area contributed by atoms with Crippen LogP contribution >= 0.6 is 16.1 Å². The Balaban J connectivity index is 2.13. The number of hydrogen-bond donors (Lipinski definition) is 0. The zero-order chi connectivity index (χ0) is 28.3. The van der Waals surface area contributed by atoms with Gasteiger partial charge in [-0.3, -0.25) is 4.57 Å². The van der Waals surface area contributed by atoms with E-state index in [1.807, 2.05) is 27.7 Å². The Morgan fingerprint density at radius 2 is 1.94 bits per heavy atom. The fourth-order valence-electron chi connectivity index (χ4n) is 3.75. The molecule has 0 radical (unpaired) electrons. The summed E-state index contributed by atoms with van der Waals surface area (Å²) in [6.07, 6.45) is -1.34. The molecule has 204 valence electrons. The summed E-state index contributed by atoms with van der Waals surface area (Å²) in [5, 5.41) is 8.96. The number of rotatable bonds is 17. The van der Waals surface area contributed by atoms with Gasteiger partial charge < -0.3 is 32.3 Å². The largest absolute Gasteiger partial charge is 0.385 e. The molecule has 0 spiro atoms. The van der Waals surface area contributed by atoms with Gasteiger partial charge in [-0.05, 0) is 41.0 Å². The third-order valence-electron chi connectivity index (χ3n) is 5.43. The molecule has 0 aromatic carbocycles. The maximum atomic E-state index is 13.8. The average Bonchev–Trinajstić information content (AvgIpc) is 3.37. The van der Waals surface area contributed by atoms with Gasteiger partial charge in [0.15, 0.2) is 0 Å². The lowest BCUT2D eigenvalue weighted by Gasteiger charge is -2.37. The molecule has 2 saturated heterocycles. The van der Waals surface area contributed by atoms with E-state index >= 15 is 0 Å². The molecular formula is C23H44N2O8P2. The van der Waals surface area contributed by atoms with Crippen molar-refractivity contribution >= 4 is 16.1 Å². The van der Waals surface area contributed by atoms with Crippen LogP contribution in [0.2, 0.25) is 0 Å². The van der Waals surface area contributed by atoms with Crippen molar-refractivity contribution in [3.63, 3.8) is 0 Å². The lowest BCUT2D eigenvalue weighted by molar-refractivity contribution is 0.00307. The molecule has 12 heteroatoms. The monoisotopic (exact) mass is 543 g/mol. The van der Waals surface area contributed by atoms with Gasteiger partial charge >= 0.3 is 7.60 Å². The second-order valence-electron chi connectivity index (χ2n) is 8.96. The lowest BCUT2D eigenvalue weighted by Crippen LogP contribution is -2.36. The Morgan fingerprint density at radius 3 is 2.60 bits per heavy atom. The SMILES string of the molecule is [2H]C[C@H]1O[C@@H]([3H])C[C@@H]1OP(=O)(CCCOC)OC[C@H]1O[C@@H]([3H])C[C@@H]1OP(OCCC#N)N(C(C)C)C(C)C. The zero-order valence-electron chi connectivity index (χ0n) is 24.5. The number of ether oxygens (including phenoxy) is 3. The summed E-state index contributed by atoms with van der Waals surface area (Å²) in [5.74, 6) is 0. The van der Waals surface area contributed by atoms with Crippen molar-refractivity contribution < 1.29 is 41.0 Å². The van der Waals surface area contributed by atoms with E-state index in [0.29, 0.717) is 13.0 Å². The Bertz CT molecular complexity index is 773. The van der Waals surface area contributed by atoms with E-state index in [2.05, 4.69) is 10.7 Å². The summed E-state index contributed by atoms with van der Waals surface area (Å²) in [4.78, 5) is 0. The van der Waals surface area contributed by atoms with E-state index in [9.17, 15) is 4.57 Å². The Labute approximate surface area is 216 Å². The topological polar surface area (TPSA) is 109 Å². The lowest BCUT2D eigenvalue weighted by atomic mass is 10.2. The molecule has 2 heterocycles. The molecule has 2 rings (SSSR count). The molecule has 2 aliphatic heterocycles. The predicted molar refractivity (Wildman–Crippen MR) is 134 cm³/mol. The van der Waals surface area contributed by atoms with Crippen molar-refractivity contribution in [2.45, 2.75) is 96.8 Å². The molecule has 35 heavy (non-hydrogen) atoms. The summed E-state index contributed by atoms with van der Waals surface area (Å²) in [7, 11) is -3.68. The average molecular weight is 544 g/mol. The highest BCUT2D eigenvalue weighted by atomic mass is 31.2. The van der Waals surface area contributed by atoms with Gasteiger partial charge in [-0.1, -0.05) is 0 Å². The number of methoxy groups -OCH3 is 1. The highest BCUT2D eigenvalue weighted by Gasteiger charge is 2.39. The first kappa shape index (κ1) is 26.4. The van der Waals surface area contributed by atoms with Crippen LogP contribution in [-0.4, -0.2) is 87.4 Å². The van der Waals surface area contributed by atoms with Gasteiger partial charge in [0.05, 0.1) is 52.9 Å². The van der Waals surface area contributed by atoms with Crippen LogP contribution in [0.5, 0.6) is 0 Å². The quantitative estimate of drug-likeness (QED) is 0.186.